The van der Waals surface area contributed by atoms with E-state index in [4.69, 9.17) is 5.73 Å². The van der Waals surface area contributed by atoms with E-state index in [9.17, 15) is 13.2 Å². The van der Waals surface area contributed by atoms with Gasteiger partial charge in [-0.3, -0.25) is 0 Å². The molecule has 2 aromatic rings. The van der Waals surface area contributed by atoms with Gasteiger partial charge in [-0.05, 0) is 0 Å². The van der Waals surface area contributed by atoms with Crippen molar-refractivity contribution in [3.05, 3.63) is 30.0 Å². The van der Waals surface area contributed by atoms with E-state index in [1.165, 1.54) is 4.90 Å². The van der Waals surface area contributed by atoms with Crippen LogP contribution in [0, 0.1) is 0 Å². The standard InChI is InChI=1S/C11H13F3N6/c1-19-4-3-16-9(19)6-20(2)8-5-7(11(12,13)14)17-10(15)18-8/h3-5H,6H2,1-2H3,(H2,15,17,18). The third kappa shape index (κ3) is 2.98. The third-order valence-electron chi connectivity index (χ3n) is 2.71. The zero-order chi connectivity index (χ0) is 14.9. The van der Waals surface area contributed by atoms with Crippen LogP contribution in [0.15, 0.2) is 18.5 Å². The van der Waals surface area contributed by atoms with Crippen molar-refractivity contribution < 1.29 is 13.2 Å². The van der Waals surface area contributed by atoms with E-state index >= 15 is 0 Å². The second kappa shape index (κ2) is 4.99. The fourth-order valence-electron chi connectivity index (χ4n) is 1.64. The molecule has 2 heterocycles. The molecule has 0 unspecified atom stereocenters. The molecule has 0 aliphatic carbocycles. The van der Waals surface area contributed by atoms with Crippen molar-refractivity contribution in [2.45, 2.75) is 12.7 Å². The Hall–Kier alpha value is -2.32. The van der Waals surface area contributed by atoms with Gasteiger partial charge in [0.2, 0.25) is 5.95 Å². The highest BCUT2D eigenvalue weighted by Gasteiger charge is 2.33. The van der Waals surface area contributed by atoms with Gasteiger partial charge in [-0.15, -0.1) is 0 Å². The molecule has 20 heavy (non-hydrogen) atoms. The van der Waals surface area contributed by atoms with E-state index < -0.39 is 17.8 Å². The molecule has 2 aromatic heterocycles. The van der Waals surface area contributed by atoms with Crippen LogP contribution in [0.25, 0.3) is 0 Å². The van der Waals surface area contributed by atoms with Gasteiger partial charge in [0.25, 0.3) is 0 Å². The second-order valence-electron chi connectivity index (χ2n) is 4.28. The molecule has 2 rings (SSSR count). The molecule has 0 atom stereocenters. The Morgan fingerprint density at radius 1 is 1.35 bits per heavy atom. The van der Waals surface area contributed by atoms with Crippen molar-refractivity contribution in [3.8, 4) is 0 Å². The zero-order valence-electron chi connectivity index (χ0n) is 10.9. The number of nitrogens with two attached hydrogens (primary N) is 1. The van der Waals surface area contributed by atoms with Crippen molar-refractivity contribution in [3.63, 3.8) is 0 Å². The predicted molar refractivity (Wildman–Crippen MR) is 66.8 cm³/mol. The number of halogens is 3. The maximum absolute atomic E-state index is 12.7. The minimum Gasteiger partial charge on any atom is -0.368 e. The molecule has 6 nitrogen and oxygen atoms in total. The van der Waals surface area contributed by atoms with Gasteiger partial charge in [0.15, 0.2) is 5.69 Å². The van der Waals surface area contributed by atoms with Crippen LogP contribution < -0.4 is 10.6 Å². The van der Waals surface area contributed by atoms with Gasteiger partial charge < -0.3 is 15.2 Å². The predicted octanol–water partition coefficient (Wildman–Crippen LogP) is 1.45. The number of hydrogen-bond acceptors (Lipinski definition) is 5. The van der Waals surface area contributed by atoms with Crippen LogP contribution in [0.1, 0.15) is 11.5 Å². The molecule has 0 spiro atoms. The first-order chi connectivity index (χ1) is 9.27. The lowest BCUT2D eigenvalue weighted by Crippen LogP contribution is -2.22. The summed E-state index contributed by atoms with van der Waals surface area (Å²) in [5.41, 5.74) is 4.26. The largest absolute Gasteiger partial charge is 0.433 e. The van der Waals surface area contributed by atoms with Crippen molar-refractivity contribution in [2.24, 2.45) is 7.05 Å². The number of nitrogens with zero attached hydrogens (tertiary/aromatic N) is 5. The summed E-state index contributed by atoms with van der Waals surface area (Å²) < 4.78 is 39.8. The Morgan fingerprint density at radius 3 is 2.60 bits per heavy atom. The molecular formula is C11H13F3N6. The first-order valence-electron chi connectivity index (χ1n) is 5.66. The average Bonchev–Trinajstić information content (AvgIpc) is 2.73. The van der Waals surface area contributed by atoms with Gasteiger partial charge in [0, 0.05) is 32.6 Å². The normalized spacial score (nSPS) is 11.7. The van der Waals surface area contributed by atoms with Gasteiger partial charge >= 0.3 is 6.18 Å². The number of nitrogen functional groups attached to an aromatic ring is 1. The van der Waals surface area contributed by atoms with E-state index in [0.717, 1.165) is 6.07 Å². The maximum Gasteiger partial charge on any atom is 0.433 e. The van der Waals surface area contributed by atoms with Crippen LogP contribution in [0.3, 0.4) is 0 Å². The van der Waals surface area contributed by atoms with Crippen LogP contribution in [0.5, 0.6) is 0 Å². The first kappa shape index (κ1) is 14.1. The minimum absolute atomic E-state index is 0.0906. The highest BCUT2D eigenvalue weighted by atomic mass is 19.4. The van der Waals surface area contributed by atoms with Crippen LogP contribution in [-0.2, 0) is 19.8 Å². The lowest BCUT2D eigenvalue weighted by atomic mass is 10.3. The molecule has 0 amide bonds. The lowest BCUT2D eigenvalue weighted by molar-refractivity contribution is -0.141. The fourth-order valence-corrected chi connectivity index (χ4v) is 1.64. The summed E-state index contributed by atoms with van der Waals surface area (Å²) in [5, 5.41) is 0. The molecule has 108 valence electrons. The van der Waals surface area contributed by atoms with Gasteiger partial charge in [0.1, 0.15) is 11.6 Å². The Labute approximate surface area is 113 Å². The van der Waals surface area contributed by atoms with Crippen LogP contribution in [0.4, 0.5) is 24.9 Å². The Balaban J connectivity index is 2.28. The summed E-state index contributed by atoms with van der Waals surface area (Å²) in [6.45, 7) is 0.303. The van der Waals surface area contributed by atoms with Gasteiger partial charge in [-0.2, -0.15) is 18.2 Å². The average molecular weight is 286 g/mol. The summed E-state index contributed by atoms with van der Waals surface area (Å²) in [5.74, 6) is 0.368. The van der Waals surface area contributed by atoms with E-state index in [0.29, 0.717) is 12.4 Å². The molecular weight excluding hydrogens is 273 g/mol. The van der Waals surface area contributed by atoms with Gasteiger partial charge in [-0.1, -0.05) is 0 Å². The van der Waals surface area contributed by atoms with E-state index in [1.54, 1.807) is 31.1 Å². The summed E-state index contributed by atoms with van der Waals surface area (Å²) in [6.07, 6.45) is -1.20. The molecule has 0 fully saturated rings. The quantitative estimate of drug-likeness (QED) is 0.924. The number of rotatable bonds is 3. The molecule has 9 heteroatoms. The third-order valence-corrected chi connectivity index (χ3v) is 2.71. The number of aromatic nitrogens is 4. The molecule has 0 aliphatic heterocycles. The molecule has 0 aromatic carbocycles. The number of anilines is 2. The number of alkyl halides is 3. The van der Waals surface area contributed by atoms with E-state index in [-0.39, 0.29) is 5.82 Å². The van der Waals surface area contributed by atoms with Crippen molar-refractivity contribution >= 4 is 11.8 Å². The van der Waals surface area contributed by atoms with Gasteiger partial charge in [0.05, 0.1) is 6.54 Å². The zero-order valence-corrected chi connectivity index (χ0v) is 10.9. The van der Waals surface area contributed by atoms with Crippen molar-refractivity contribution in [2.75, 3.05) is 17.7 Å². The fraction of sp³-hybridized carbons (Fsp3) is 0.364. The molecule has 0 saturated heterocycles. The molecule has 0 bridgehead atoms. The van der Waals surface area contributed by atoms with Crippen LogP contribution in [-0.4, -0.2) is 26.6 Å². The summed E-state index contributed by atoms with van der Waals surface area (Å²) in [4.78, 5) is 12.6. The van der Waals surface area contributed by atoms with Gasteiger partial charge in [-0.25, -0.2) is 9.97 Å². The Kier molecular flexibility index (Phi) is 3.51. The number of aryl methyl sites for hydroxylation is 1. The summed E-state index contributed by atoms with van der Waals surface area (Å²) >= 11 is 0. The molecule has 2 N–H and O–H groups in total. The summed E-state index contributed by atoms with van der Waals surface area (Å²) in [7, 11) is 3.41. The van der Waals surface area contributed by atoms with E-state index in [1.807, 2.05) is 0 Å². The molecule has 0 aliphatic rings. The molecule has 0 saturated carbocycles. The number of hydrogen-bond donors (Lipinski definition) is 1. The van der Waals surface area contributed by atoms with Crippen LogP contribution >= 0.6 is 0 Å². The Morgan fingerprint density at radius 2 is 2.05 bits per heavy atom. The number of imidazole rings is 1. The van der Waals surface area contributed by atoms with Crippen LogP contribution in [0.2, 0.25) is 0 Å². The lowest BCUT2D eigenvalue weighted by Gasteiger charge is -2.19. The maximum atomic E-state index is 12.7. The Bertz CT molecular complexity index is 606. The highest BCUT2D eigenvalue weighted by Crippen LogP contribution is 2.30. The SMILES string of the molecule is CN(Cc1nccn1C)c1cc(C(F)(F)F)nc(N)n1. The first-order valence-corrected chi connectivity index (χ1v) is 5.66. The topological polar surface area (TPSA) is 72.9 Å². The smallest absolute Gasteiger partial charge is 0.368 e. The van der Waals surface area contributed by atoms with Crippen molar-refractivity contribution in [1.29, 1.82) is 0 Å². The molecule has 0 radical (unpaired) electrons. The minimum atomic E-state index is -4.56. The monoisotopic (exact) mass is 286 g/mol. The van der Waals surface area contributed by atoms with E-state index in [2.05, 4.69) is 15.0 Å². The van der Waals surface area contributed by atoms with Crippen molar-refractivity contribution in [1.82, 2.24) is 19.5 Å². The summed E-state index contributed by atoms with van der Waals surface area (Å²) in [6, 6.07) is 0.860. The second-order valence-corrected chi connectivity index (χ2v) is 4.28. The highest BCUT2D eigenvalue weighted by molar-refractivity contribution is 5.43.